The second kappa shape index (κ2) is 11.4. The van der Waals surface area contributed by atoms with Gasteiger partial charge in [0, 0.05) is 17.7 Å². The normalized spacial score (nSPS) is 11.5. The number of unbranched alkanes of at least 4 members (excludes halogenated alkanes) is 2. The average molecular weight is 472 g/mol. The number of ether oxygens (including phenoxy) is 2. The molecule has 0 saturated carbocycles. The number of rotatable bonds is 10. The Morgan fingerprint density at radius 3 is 2.55 bits per heavy atom. The molecule has 1 aromatic heterocycles. The lowest BCUT2D eigenvalue weighted by molar-refractivity contribution is -0.384. The minimum atomic E-state index is -0.497. The summed E-state index contributed by atoms with van der Waals surface area (Å²) in [6.07, 6.45) is 3.18. The Balaban J connectivity index is 1.91. The lowest BCUT2D eigenvalue weighted by atomic mass is 10.2. The third-order valence-electron chi connectivity index (χ3n) is 4.78. The lowest BCUT2D eigenvalue weighted by Gasteiger charge is -2.06. The van der Waals surface area contributed by atoms with Gasteiger partial charge in [0.15, 0.2) is 4.80 Å². The number of hydrogen-bond donors (Lipinski definition) is 0. The molecule has 174 valence electrons. The molecule has 0 fully saturated rings. The molecule has 0 spiro atoms. The summed E-state index contributed by atoms with van der Waals surface area (Å²) in [7, 11) is 0. The van der Waals surface area contributed by atoms with Crippen LogP contribution in [0.2, 0.25) is 0 Å². The first-order valence-corrected chi connectivity index (χ1v) is 11.5. The number of carbonyl (C=O) groups is 2. The number of hydrogen-bond acceptors (Lipinski definition) is 7. The fraction of sp³-hybridized carbons (Fsp3) is 0.348. The van der Waals surface area contributed by atoms with Gasteiger partial charge >= 0.3 is 5.97 Å². The van der Waals surface area contributed by atoms with Crippen LogP contribution in [-0.4, -0.2) is 34.6 Å². The van der Waals surface area contributed by atoms with E-state index in [2.05, 4.69) is 11.9 Å². The van der Waals surface area contributed by atoms with Gasteiger partial charge in [-0.2, -0.15) is 4.99 Å². The van der Waals surface area contributed by atoms with E-state index in [-0.39, 0.29) is 23.6 Å². The SMILES string of the molecule is CCCCCOc1ccc(C(=O)N=c2sc3cc([N+](=O)[O-])ccc3n2CC(=O)OCC)cc1. The third-order valence-corrected chi connectivity index (χ3v) is 5.83. The Hall–Kier alpha value is -3.53. The van der Waals surface area contributed by atoms with Crippen molar-refractivity contribution in [2.24, 2.45) is 4.99 Å². The van der Waals surface area contributed by atoms with Crippen molar-refractivity contribution in [1.82, 2.24) is 4.57 Å². The molecule has 0 radical (unpaired) electrons. The molecule has 10 heteroatoms. The summed E-state index contributed by atoms with van der Waals surface area (Å²) in [4.78, 5) is 40.0. The number of nitrogens with zero attached hydrogens (tertiary/aromatic N) is 3. The van der Waals surface area contributed by atoms with Crippen molar-refractivity contribution in [3.8, 4) is 5.75 Å². The highest BCUT2D eigenvalue weighted by Gasteiger charge is 2.16. The Bertz CT molecular complexity index is 1210. The number of nitro benzene ring substituents is 1. The van der Waals surface area contributed by atoms with Gasteiger partial charge in [-0.05, 0) is 43.7 Å². The molecular formula is C23H25N3O6S. The standard InChI is InChI=1S/C23H25N3O6S/c1-3-5-6-13-32-18-10-7-16(8-11-18)22(28)24-23-25(15-21(27)31-4-2)19-12-9-17(26(29)30)14-20(19)33-23/h7-12,14H,3-6,13,15H2,1-2H3. The topological polar surface area (TPSA) is 113 Å². The minimum absolute atomic E-state index is 0.0839. The molecule has 3 aromatic rings. The summed E-state index contributed by atoms with van der Waals surface area (Å²) >= 11 is 1.10. The van der Waals surface area contributed by atoms with Crippen LogP contribution in [0.1, 0.15) is 43.5 Å². The molecule has 0 saturated heterocycles. The van der Waals surface area contributed by atoms with Gasteiger partial charge in [0.1, 0.15) is 12.3 Å². The second-order valence-corrected chi connectivity index (χ2v) is 8.19. The zero-order valence-electron chi connectivity index (χ0n) is 18.5. The lowest BCUT2D eigenvalue weighted by Crippen LogP contribution is -2.23. The molecule has 0 aliphatic rings. The Kier molecular flexibility index (Phi) is 8.31. The number of amides is 1. The zero-order valence-corrected chi connectivity index (χ0v) is 19.3. The average Bonchev–Trinajstić information content (AvgIpc) is 3.13. The van der Waals surface area contributed by atoms with Gasteiger partial charge in [0.05, 0.1) is 28.4 Å². The maximum Gasteiger partial charge on any atom is 0.326 e. The second-order valence-electron chi connectivity index (χ2n) is 7.18. The summed E-state index contributed by atoms with van der Waals surface area (Å²) in [5.41, 5.74) is 0.836. The maximum absolute atomic E-state index is 12.8. The number of fused-ring (bicyclic) bond motifs is 1. The van der Waals surface area contributed by atoms with E-state index in [0.29, 0.717) is 28.1 Å². The number of non-ortho nitro benzene ring substituents is 1. The largest absolute Gasteiger partial charge is 0.494 e. The Morgan fingerprint density at radius 1 is 1.12 bits per heavy atom. The van der Waals surface area contributed by atoms with E-state index < -0.39 is 16.8 Å². The van der Waals surface area contributed by atoms with E-state index in [1.54, 1.807) is 31.2 Å². The van der Waals surface area contributed by atoms with Crippen LogP contribution >= 0.6 is 11.3 Å². The molecule has 1 amide bonds. The number of benzene rings is 2. The smallest absolute Gasteiger partial charge is 0.326 e. The molecular weight excluding hydrogens is 446 g/mol. The van der Waals surface area contributed by atoms with Gasteiger partial charge in [0.2, 0.25) is 0 Å². The van der Waals surface area contributed by atoms with Gasteiger partial charge < -0.3 is 14.0 Å². The van der Waals surface area contributed by atoms with Crippen molar-refractivity contribution < 1.29 is 24.0 Å². The Labute approximate surface area is 194 Å². The first-order valence-electron chi connectivity index (χ1n) is 10.7. The molecule has 2 aromatic carbocycles. The fourth-order valence-electron chi connectivity index (χ4n) is 3.14. The van der Waals surface area contributed by atoms with Crippen LogP contribution in [0, 0.1) is 10.1 Å². The monoisotopic (exact) mass is 471 g/mol. The van der Waals surface area contributed by atoms with Crippen LogP contribution in [0.3, 0.4) is 0 Å². The highest BCUT2D eigenvalue weighted by Crippen LogP contribution is 2.23. The van der Waals surface area contributed by atoms with E-state index in [9.17, 15) is 19.7 Å². The summed E-state index contributed by atoms with van der Waals surface area (Å²) in [5, 5.41) is 11.1. The molecule has 0 aliphatic carbocycles. The third kappa shape index (κ3) is 6.26. The summed E-state index contributed by atoms with van der Waals surface area (Å²) in [6.45, 7) is 4.49. The van der Waals surface area contributed by atoms with E-state index in [1.807, 2.05) is 0 Å². The van der Waals surface area contributed by atoms with Gasteiger partial charge in [0.25, 0.3) is 11.6 Å². The molecule has 9 nitrogen and oxygen atoms in total. The molecule has 33 heavy (non-hydrogen) atoms. The van der Waals surface area contributed by atoms with Gasteiger partial charge in [-0.1, -0.05) is 31.1 Å². The van der Waals surface area contributed by atoms with Gasteiger partial charge in [-0.25, -0.2) is 0 Å². The first kappa shape index (κ1) is 24.1. The predicted octanol–water partition coefficient (Wildman–Crippen LogP) is 4.48. The molecule has 3 rings (SSSR count). The van der Waals surface area contributed by atoms with Crippen molar-refractivity contribution in [3.63, 3.8) is 0 Å². The molecule has 0 bridgehead atoms. The zero-order chi connectivity index (χ0) is 23.8. The van der Waals surface area contributed by atoms with Crippen molar-refractivity contribution in [2.75, 3.05) is 13.2 Å². The van der Waals surface area contributed by atoms with E-state index in [0.717, 1.165) is 30.6 Å². The van der Waals surface area contributed by atoms with Gasteiger partial charge in [-0.3, -0.25) is 19.7 Å². The Morgan fingerprint density at radius 2 is 1.88 bits per heavy atom. The summed E-state index contributed by atoms with van der Waals surface area (Å²) in [5.74, 6) is -0.311. The van der Waals surface area contributed by atoms with Crippen molar-refractivity contribution in [3.05, 3.63) is 62.9 Å². The predicted molar refractivity (Wildman–Crippen MR) is 124 cm³/mol. The number of aromatic nitrogens is 1. The highest BCUT2D eigenvalue weighted by molar-refractivity contribution is 7.16. The fourth-order valence-corrected chi connectivity index (χ4v) is 4.20. The first-order chi connectivity index (χ1) is 15.9. The number of nitro groups is 1. The van der Waals surface area contributed by atoms with Crippen molar-refractivity contribution in [2.45, 2.75) is 39.7 Å². The maximum atomic E-state index is 12.8. The highest BCUT2D eigenvalue weighted by atomic mass is 32.1. The number of esters is 1. The minimum Gasteiger partial charge on any atom is -0.494 e. The van der Waals surface area contributed by atoms with Gasteiger partial charge in [-0.15, -0.1) is 0 Å². The van der Waals surface area contributed by atoms with E-state index >= 15 is 0 Å². The molecule has 0 N–H and O–H groups in total. The van der Waals surface area contributed by atoms with Crippen molar-refractivity contribution in [1.29, 1.82) is 0 Å². The van der Waals surface area contributed by atoms with Crippen LogP contribution in [0.25, 0.3) is 10.2 Å². The van der Waals surface area contributed by atoms with Crippen LogP contribution in [-0.2, 0) is 16.1 Å². The van der Waals surface area contributed by atoms with E-state index in [1.165, 1.54) is 22.8 Å². The number of thiazole rings is 1. The quantitative estimate of drug-likeness (QED) is 0.186. The van der Waals surface area contributed by atoms with Crippen LogP contribution in [0.5, 0.6) is 5.75 Å². The molecule has 0 unspecified atom stereocenters. The molecule has 0 atom stereocenters. The summed E-state index contributed by atoms with van der Waals surface area (Å²) in [6, 6.07) is 11.0. The van der Waals surface area contributed by atoms with Crippen molar-refractivity contribution >= 4 is 39.1 Å². The molecule has 0 aliphatic heterocycles. The van der Waals surface area contributed by atoms with Crippen LogP contribution in [0.15, 0.2) is 47.5 Å². The molecule has 1 heterocycles. The van der Waals surface area contributed by atoms with Crippen LogP contribution < -0.4 is 9.54 Å². The van der Waals surface area contributed by atoms with E-state index in [4.69, 9.17) is 9.47 Å². The number of carbonyl (C=O) groups excluding carboxylic acids is 2. The van der Waals surface area contributed by atoms with Crippen LogP contribution in [0.4, 0.5) is 5.69 Å². The summed E-state index contributed by atoms with van der Waals surface area (Å²) < 4.78 is 12.8.